The zero-order chi connectivity index (χ0) is 12.8. The Morgan fingerprint density at radius 3 is 2.95 bits per heavy atom. The number of aromatic nitrogens is 2. The largest absolute Gasteiger partial charge is 0.254 e. The van der Waals surface area contributed by atoms with Gasteiger partial charge >= 0.3 is 0 Å². The lowest BCUT2D eigenvalue weighted by Crippen LogP contribution is -2.12. The van der Waals surface area contributed by atoms with Gasteiger partial charge in [-0.3, -0.25) is 9.97 Å². The van der Waals surface area contributed by atoms with Crippen LogP contribution in [0.3, 0.4) is 0 Å². The highest BCUT2D eigenvalue weighted by atomic mass is 14.8. The van der Waals surface area contributed by atoms with E-state index >= 15 is 0 Å². The van der Waals surface area contributed by atoms with Crippen LogP contribution in [0.15, 0.2) is 36.5 Å². The third-order valence-corrected chi connectivity index (χ3v) is 4.18. The minimum absolute atomic E-state index is 0.778. The summed E-state index contributed by atoms with van der Waals surface area (Å²) in [5.74, 6) is 0.778. The molecule has 2 nitrogen and oxygen atoms in total. The number of para-hydroxylation sites is 1. The maximum absolute atomic E-state index is 4.84. The molecule has 4 rings (SSSR count). The molecule has 0 amide bonds. The molecule has 3 aromatic rings. The predicted octanol–water partition coefficient (Wildman–Crippen LogP) is 3.91. The van der Waals surface area contributed by atoms with E-state index < -0.39 is 0 Å². The van der Waals surface area contributed by atoms with Crippen molar-refractivity contribution in [2.45, 2.75) is 26.2 Å². The van der Waals surface area contributed by atoms with E-state index in [2.05, 4.69) is 36.2 Å². The number of rotatable bonds is 0. The Bertz CT molecular complexity index is 777. The molecule has 1 aromatic carbocycles. The number of hydrogen-bond donors (Lipinski definition) is 0. The third kappa shape index (κ3) is 1.71. The monoisotopic (exact) mass is 248 g/mol. The molecule has 0 saturated carbocycles. The fraction of sp³-hybridized carbons (Fsp3) is 0.294. The van der Waals surface area contributed by atoms with Crippen LogP contribution < -0.4 is 0 Å². The molecule has 0 N–H and O–H groups in total. The van der Waals surface area contributed by atoms with Crippen molar-refractivity contribution in [3.05, 3.63) is 47.8 Å². The molecule has 0 bridgehead atoms. The van der Waals surface area contributed by atoms with E-state index in [0.717, 1.165) is 29.8 Å². The summed E-state index contributed by atoms with van der Waals surface area (Å²) in [6.45, 7) is 2.33. The van der Waals surface area contributed by atoms with E-state index in [4.69, 9.17) is 4.98 Å². The Labute approximate surface area is 112 Å². The van der Waals surface area contributed by atoms with Crippen molar-refractivity contribution in [2.24, 2.45) is 5.92 Å². The van der Waals surface area contributed by atoms with Gasteiger partial charge in [-0.15, -0.1) is 0 Å². The molecule has 0 aliphatic heterocycles. The highest BCUT2D eigenvalue weighted by Gasteiger charge is 2.17. The number of nitrogens with zero attached hydrogens (tertiary/aromatic N) is 2. The number of hydrogen-bond acceptors (Lipinski definition) is 2. The Morgan fingerprint density at radius 1 is 1.11 bits per heavy atom. The molecule has 1 unspecified atom stereocenters. The standard InChI is InChI=1S/C17H16N2/c1-11-6-7-15-12(8-11)9-14-13-4-2-3-5-16(13)18-10-17(14)19-15/h2-5,9-11H,6-8H2,1H3. The molecule has 2 aromatic heterocycles. The highest BCUT2D eigenvalue weighted by Crippen LogP contribution is 2.29. The fourth-order valence-corrected chi connectivity index (χ4v) is 3.12. The maximum atomic E-state index is 4.84. The molecule has 0 radical (unpaired) electrons. The molecule has 94 valence electrons. The molecule has 19 heavy (non-hydrogen) atoms. The molecule has 0 spiro atoms. The van der Waals surface area contributed by atoms with Crippen molar-refractivity contribution in [1.82, 2.24) is 9.97 Å². The molecule has 1 aliphatic rings. The molecule has 1 atom stereocenters. The van der Waals surface area contributed by atoms with Crippen molar-refractivity contribution >= 4 is 21.8 Å². The quantitative estimate of drug-likeness (QED) is 0.564. The molecule has 2 heterocycles. The van der Waals surface area contributed by atoms with Crippen LogP contribution in [0.25, 0.3) is 21.8 Å². The molecule has 0 saturated heterocycles. The lowest BCUT2D eigenvalue weighted by molar-refractivity contribution is 0.495. The molecular weight excluding hydrogens is 232 g/mol. The van der Waals surface area contributed by atoms with Gasteiger partial charge in [0.05, 0.1) is 17.2 Å². The van der Waals surface area contributed by atoms with E-state index in [-0.39, 0.29) is 0 Å². The number of benzene rings is 1. The molecule has 2 heteroatoms. The van der Waals surface area contributed by atoms with Crippen molar-refractivity contribution < 1.29 is 0 Å². The van der Waals surface area contributed by atoms with Crippen LogP contribution in [0, 0.1) is 5.92 Å². The number of fused-ring (bicyclic) bond motifs is 4. The van der Waals surface area contributed by atoms with E-state index in [1.807, 2.05) is 12.3 Å². The van der Waals surface area contributed by atoms with Gasteiger partial charge in [-0.1, -0.05) is 25.1 Å². The van der Waals surface area contributed by atoms with Gasteiger partial charge in [-0.05, 0) is 42.9 Å². The minimum Gasteiger partial charge on any atom is -0.254 e. The summed E-state index contributed by atoms with van der Waals surface area (Å²) in [6.07, 6.45) is 5.44. The molecular formula is C17H16N2. The van der Waals surface area contributed by atoms with Gasteiger partial charge in [0.2, 0.25) is 0 Å². The van der Waals surface area contributed by atoms with Crippen LogP contribution in [-0.2, 0) is 12.8 Å². The van der Waals surface area contributed by atoms with E-state index in [9.17, 15) is 0 Å². The summed E-state index contributed by atoms with van der Waals surface area (Å²) in [6, 6.07) is 10.7. The second-order valence-electron chi connectivity index (χ2n) is 5.65. The second-order valence-corrected chi connectivity index (χ2v) is 5.65. The van der Waals surface area contributed by atoms with Crippen LogP contribution in [0.2, 0.25) is 0 Å². The fourth-order valence-electron chi connectivity index (χ4n) is 3.12. The maximum Gasteiger partial charge on any atom is 0.0895 e. The SMILES string of the molecule is CC1CCc2nc3cnc4ccccc4c3cc2C1. The first-order valence-corrected chi connectivity index (χ1v) is 6.97. The predicted molar refractivity (Wildman–Crippen MR) is 78.2 cm³/mol. The topological polar surface area (TPSA) is 25.8 Å². The first kappa shape index (κ1) is 10.9. The summed E-state index contributed by atoms with van der Waals surface area (Å²) in [4.78, 5) is 9.35. The highest BCUT2D eigenvalue weighted by molar-refractivity contribution is 6.04. The van der Waals surface area contributed by atoms with Crippen LogP contribution in [0.5, 0.6) is 0 Å². The lowest BCUT2D eigenvalue weighted by Gasteiger charge is -2.21. The van der Waals surface area contributed by atoms with Gasteiger partial charge < -0.3 is 0 Å². The van der Waals surface area contributed by atoms with Crippen molar-refractivity contribution in [3.63, 3.8) is 0 Å². The number of aryl methyl sites for hydroxylation is 1. The lowest BCUT2D eigenvalue weighted by atomic mass is 9.87. The van der Waals surface area contributed by atoms with Gasteiger partial charge in [-0.25, -0.2) is 0 Å². The number of pyridine rings is 2. The summed E-state index contributed by atoms with van der Waals surface area (Å²) in [5, 5.41) is 2.46. The minimum atomic E-state index is 0.778. The van der Waals surface area contributed by atoms with Crippen LogP contribution >= 0.6 is 0 Å². The second kappa shape index (κ2) is 4.02. The Kier molecular flexibility index (Phi) is 2.31. The summed E-state index contributed by atoms with van der Waals surface area (Å²) < 4.78 is 0. The van der Waals surface area contributed by atoms with Crippen LogP contribution in [0.4, 0.5) is 0 Å². The van der Waals surface area contributed by atoms with E-state index in [0.29, 0.717) is 0 Å². The Morgan fingerprint density at radius 2 is 2.00 bits per heavy atom. The summed E-state index contributed by atoms with van der Waals surface area (Å²) in [7, 11) is 0. The van der Waals surface area contributed by atoms with Gasteiger partial charge in [0, 0.05) is 16.5 Å². The van der Waals surface area contributed by atoms with Gasteiger partial charge in [-0.2, -0.15) is 0 Å². The normalized spacial score (nSPS) is 18.7. The zero-order valence-corrected chi connectivity index (χ0v) is 11.1. The van der Waals surface area contributed by atoms with Gasteiger partial charge in [0.1, 0.15) is 0 Å². The smallest absolute Gasteiger partial charge is 0.0895 e. The van der Waals surface area contributed by atoms with E-state index in [1.54, 1.807) is 0 Å². The van der Waals surface area contributed by atoms with Crippen LogP contribution in [-0.4, -0.2) is 9.97 Å². The van der Waals surface area contributed by atoms with Crippen molar-refractivity contribution in [1.29, 1.82) is 0 Å². The third-order valence-electron chi connectivity index (χ3n) is 4.18. The zero-order valence-electron chi connectivity index (χ0n) is 11.1. The summed E-state index contributed by atoms with van der Waals surface area (Å²) >= 11 is 0. The average Bonchev–Trinajstić information content (AvgIpc) is 2.45. The van der Waals surface area contributed by atoms with Crippen LogP contribution in [0.1, 0.15) is 24.6 Å². The first-order chi connectivity index (χ1) is 9.31. The average molecular weight is 248 g/mol. The molecule has 1 aliphatic carbocycles. The molecule has 0 fully saturated rings. The Balaban J connectivity index is 2.06. The first-order valence-electron chi connectivity index (χ1n) is 6.97. The van der Waals surface area contributed by atoms with Crippen molar-refractivity contribution in [3.8, 4) is 0 Å². The summed E-state index contributed by atoms with van der Waals surface area (Å²) in [5.41, 5.74) is 4.80. The van der Waals surface area contributed by atoms with Gasteiger partial charge in [0.15, 0.2) is 0 Å². The van der Waals surface area contributed by atoms with Crippen molar-refractivity contribution in [2.75, 3.05) is 0 Å². The van der Waals surface area contributed by atoms with E-state index in [1.165, 1.54) is 28.5 Å². The van der Waals surface area contributed by atoms with Gasteiger partial charge in [0.25, 0.3) is 0 Å². The Hall–Kier alpha value is -1.96.